The Hall–Kier alpha value is -0.110. The van der Waals surface area contributed by atoms with Crippen LogP contribution in [0.5, 0.6) is 0 Å². The molecule has 0 aliphatic rings. The van der Waals surface area contributed by atoms with Crippen LogP contribution in [0.15, 0.2) is 0 Å². The molecule has 1 nitrogen and oxygen atoms in total. The van der Waals surface area contributed by atoms with Crippen molar-refractivity contribution in [2.24, 2.45) is 0 Å². The Morgan fingerprint density at radius 3 is 2.00 bits per heavy atom. The van der Waals surface area contributed by atoms with Crippen molar-refractivity contribution in [1.82, 2.24) is 0 Å². The molecule has 0 heterocycles. The topological polar surface area (TPSA) is 20.2 Å². The van der Waals surface area contributed by atoms with Crippen LogP contribution < -0.4 is 0 Å². The van der Waals surface area contributed by atoms with Gasteiger partial charge in [0.1, 0.15) is 0 Å². The summed E-state index contributed by atoms with van der Waals surface area (Å²) >= 11 is 0. The van der Waals surface area contributed by atoms with Gasteiger partial charge in [0.2, 0.25) is 0 Å². The minimum absolute atomic E-state index is 0.195. The number of halogens is 1. The van der Waals surface area contributed by atoms with Crippen LogP contribution in [0.25, 0.3) is 0 Å². The third-order valence-electron chi connectivity index (χ3n) is 1.29. The van der Waals surface area contributed by atoms with Gasteiger partial charge >= 0.3 is 0 Å². The smallest absolute Gasteiger partial charge is 0.0894 e. The Morgan fingerprint density at radius 1 is 0.889 bits per heavy atom. The van der Waals surface area contributed by atoms with Crippen LogP contribution >= 0.6 is 0 Å². The number of hydrogen-bond acceptors (Lipinski definition) is 1. The Kier molecular flexibility index (Phi) is 7.79. The number of rotatable bonds is 6. The Labute approximate surface area is 55.9 Å². The largest absolute Gasteiger partial charge is 0.396 e. The molecule has 0 unspecified atom stereocenters. The summed E-state index contributed by atoms with van der Waals surface area (Å²) in [6.07, 6.45) is 4.62. The van der Waals surface area contributed by atoms with E-state index in [-0.39, 0.29) is 13.3 Å². The molecular weight excluding hydrogens is 119 g/mol. The molecule has 2 heteroatoms. The fourth-order valence-electron chi connectivity index (χ4n) is 0.737. The summed E-state index contributed by atoms with van der Waals surface area (Å²) in [6, 6.07) is 0. The first kappa shape index (κ1) is 8.89. The molecule has 0 aliphatic carbocycles. The molecule has 0 rings (SSSR count). The zero-order valence-corrected chi connectivity index (χ0v) is 5.77. The van der Waals surface area contributed by atoms with Crippen LogP contribution in [0.1, 0.15) is 32.1 Å². The van der Waals surface area contributed by atoms with Crippen LogP contribution in [0.2, 0.25) is 0 Å². The third kappa shape index (κ3) is 7.89. The minimum atomic E-state index is -0.195. The molecule has 0 aromatic rings. The Bertz CT molecular complexity index is 42.2. The maximum Gasteiger partial charge on any atom is 0.0894 e. The summed E-state index contributed by atoms with van der Waals surface area (Å²) < 4.78 is 11.5. The maximum absolute atomic E-state index is 11.5. The summed E-state index contributed by atoms with van der Waals surface area (Å²) in [5, 5.41) is 8.35. The van der Waals surface area contributed by atoms with Gasteiger partial charge in [-0.1, -0.05) is 19.3 Å². The fraction of sp³-hybridized carbons (Fsp3) is 1.00. The summed E-state index contributed by atoms with van der Waals surface area (Å²) in [5.41, 5.74) is 0. The second kappa shape index (κ2) is 7.89. The van der Waals surface area contributed by atoms with Crippen molar-refractivity contribution >= 4 is 0 Å². The van der Waals surface area contributed by atoms with E-state index < -0.39 is 0 Å². The molecule has 0 aromatic carbocycles. The lowest BCUT2D eigenvalue weighted by molar-refractivity contribution is 0.282. The Morgan fingerprint density at radius 2 is 1.44 bits per heavy atom. The van der Waals surface area contributed by atoms with Gasteiger partial charge in [-0.3, -0.25) is 4.39 Å². The van der Waals surface area contributed by atoms with Gasteiger partial charge in [-0.25, -0.2) is 0 Å². The van der Waals surface area contributed by atoms with Crippen molar-refractivity contribution in [3.05, 3.63) is 0 Å². The summed E-state index contributed by atoms with van der Waals surface area (Å²) in [4.78, 5) is 0. The van der Waals surface area contributed by atoms with Gasteiger partial charge in [-0.15, -0.1) is 0 Å². The SMILES string of the molecule is OCCCCCCCF. The zero-order chi connectivity index (χ0) is 6.95. The fourth-order valence-corrected chi connectivity index (χ4v) is 0.737. The average molecular weight is 134 g/mol. The predicted molar refractivity (Wildman–Crippen MR) is 36.1 cm³/mol. The second-order valence-corrected chi connectivity index (χ2v) is 2.18. The summed E-state index contributed by atoms with van der Waals surface area (Å²) in [7, 11) is 0. The highest BCUT2D eigenvalue weighted by Gasteiger charge is 1.87. The van der Waals surface area contributed by atoms with E-state index in [4.69, 9.17) is 5.11 Å². The van der Waals surface area contributed by atoms with Crippen molar-refractivity contribution in [2.75, 3.05) is 13.3 Å². The number of unbranched alkanes of at least 4 members (excludes halogenated alkanes) is 4. The van der Waals surface area contributed by atoms with Crippen molar-refractivity contribution in [1.29, 1.82) is 0 Å². The van der Waals surface area contributed by atoms with Crippen molar-refractivity contribution < 1.29 is 9.50 Å². The molecule has 9 heavy (non-hydrogen) atoms. The van der Waals surface area contributed by atoms with Crippen LogP contribution in [-0.2, 0) is 0 Å². The molecule has 0 atom stereocenters. The normalized spacial score (nSPS) is 10.0. The summed E-state index contributed by atoms with van der Waals surface area (Å²) in [5.74, 6) is 0. The minimum Gasteiger partial charge on any atom is -0.396 e. The second-order valence-electron chi connectivity index (χ2n) is 2.18. The van der Waals surface area contributed by atoms with Gasteiger partial charge in [-0.05, 0) is 12.8 Å². The number of aliphatic hydroxyl groups is 1. The molecular formula is C7H15FO. The van der Waals surface area contributed by atoms with E-state index in [2.05, 4.69) is 0 Å². The Balaban J connectivity index is 2.60. The van der Waals surface area contributed by atoms with E-state index in [1.165, 1.54) is 0 Å². The highest BCUT2D eigenvalue weighted by Crippen LogP contribution is 2.01. The number of hydrogen-bond donors (Lipinski definition) is 1. The lowest BCUT2D eigenvalue weighted by Gasteiger charge is -1.94. The van der Waals surface area contributed by atoms with E-state index >= 15 is 0 Å². The van der Waals surface area contributed by atoms with Gasteiger partial charge in [0.15, 0.2) is 0 Å². The van der Waals surface area contributed by atoms with E-state index in [0.29, 0.717) is 6.42 Å². The molecule has 0 aliphatic heterocycles. The third-order valence-corrected chi connectivity index (χ3v) is 1.29. The molecule has 0 spiro atoms. The quantitative estimate of drug-likeness (QED) is 0.550. The highest BCUT2D eigenvalue weighted by atomic mass is 19.1. The van der Waals surface area contributed by atoms with Gasteiger partial charge < -0.3 is 5.11 Å². The molecule has 0 aromatic heterocycles. The van der Waals surface area contributed by atoms with Crippen LogP contribution in [0.3, 0.4) is 0 Å². The zero-order valence-electron chi connectivity index (χ0n) is 5.77. The molecule has 1 N–H and O–H groups in total. The van der Waals surface area contributed by atoms with Gasteiger partial charge in [0.05, 0.1) is 6.67 Å². The predicted octanol–water partition coefficient (Wildman–Crippen LogP) is 1.90. The van der Waals surface area contributed by atoms with Crippen molar-refractivity contribution in [3.63, 3.8) is 0 Å². The van der Waals surface area contributed by atoms with Crippen molar-refractivity contribution in [3.8, 4) is 0 Å². The van der Waals surface area contributed by atoms with E-state index in [1.807, 2.05) is 0 Å². The first-order valence-electron chi connectivity index (χ1n) is 3.58. The van der Waals surface area contributed by atoms with E-state index in [0.717, 1.165) is 25.7 Å². The molecule has 56 valence electrons. The van der Waals surface area contributed by atoms with Crippen LogP contribution in [0, 0.1) is 0 Å². The average Bonchev–Trinajstić information content (AvgIpc) is 1.89. The van der Waals surface area contributed by atoms with E-state index in [1.54, 1.807) is 0 Å². The monoisotopic (exact) mass is 134 g/mol. The molecule has 0 radical (unpaired) electrons. The standard InChI is InChI=1S/C7H15FO/c8-6-4-2-1-3-5-7-9/h9H,1-7H2. The lowest BCUT2D eigenvalue weighted by Crippen LogP contribution is -1.83. The first-order chi connectivity index (χ1) is 4.41. The molecule has 0 bridgehead atoms. The van der Waals surface area contributed by atoms with Crippen molar-refractivity contribution in [2.45, 2.75) is 32.1 Å². The highest BCUT2D eigenvalue weighted by molar-refractivity contribution is 4.41. The van der Waals surface area contributed by atoms with Gasteiger partial charge in [0.25, 0.3) is 0 Å². The van der Waals surface area contributed by atoms with Gasteiger partial charge in [-0.2, -0.15) is 0 Å². The van der Waals surface area contributed by atoms with E-state index in [9.17, 15) is 4.39 Å². The maximum atomic E-state index is 11.5. The number of alkyl halides is 1. The molecule has 0 saturated carbocycles. The first-order valence-corrected chi connectivity index (χ1v) is 3.58. The number of aliphatic hydroxyl groups excluding tert-OH is 1. The van der Waals surface area contributed by atoms with Crippen LogP contribution in [0.4, 0.5) is 4.39 Å². The molecule has 0 amide bonds. The lowest BCUT2D eigenvalue weighted by atomic mass is 10.2. The molecule has 0 fully saturated rings. The van der Waals surface area contributed by atoms with Gasteiger partial charge in [0, 0.05) is 6.61 Å². The van der Waals surface area contributed by atoms with Crippen LogP contribution in [-0.4, -0.2) is 18.4 Å². The molecule has 0 saturated heterocycles. The summed E-state index contributed by atoms with van der Waals surface area (Å²) in [6.45, 7) is 0.0781.